The molecule has 8 aromatic carbocycles. The number of anilines is 3. The summed E-state index contributed by atoms with van der Waals surface area (Å²) in [6, 6.07) is 60.7. The van der Waals surface area contributed by atoms with Crippen molar-refractivity contribution in [2.45, 2.75) is 19.3 Å². The molecule has 9 aromatic rings. The van der Waals surface area contributed by atoms with Gasteiger partial charge in [0.05, 0.1) is 5.69 Å². The molecule has 0 amide bonds. The van der Waals surface area contributed by atoms with E-state index < -0.39 is 0 Å². The van der Waals surface area contributed by atoms with E-state index in [1.54, 1.807) is 0 Å². The number of nitrogens with zero attached hydrogens (tertiary/aromatic N) is 1. The quantitative estimate of drug-likeness (QED) is 0.184. The van der Waals surface area contributed by atoms with Crippen LogP contribution in [-0.4, -0.2) is 0 Å². The predicted molar refractivity (Wildman–Crippen MR) is 212 cm³/mol. The van der Waals surface area contributed by atoms with Gasteiger partial charge in [-0.15, -0.1) is 11.3 Å². The Morgan fingerprint density at radius 3 is 2.02 bits per heavy atom. The van der Waals surface area contributed by atoms with Gasteiger partial charge in [0.25, 0.3) is 0 Å². The molecule has 0 saturated carbocycles. The van der Waals surface area contributed by atoms with E-state index in [0.29, 0.717) is 0 Å². The topological polar surface area (TPSA) is 3.24 Å². The molecule has 1 nitrogen and oxygen atoms in total. The van der Waals surface area contributed by atoms with Gasteiger partial charge in [-0.2, -0.15) is 0 Å². The van der Waals surface area contributed by atoms with Crippen LogP contribution in [0, 0.1) is 0 Å². The highest BCUT2D eigenvalue weighted by atomic mass is 32.1. The fourth-order valence-corrected chi connectivity index (χ4v) is 9.41. The molecule has 49 heavy (non-hydrogen) atoms. The van der Waals surface area contributed by atoms with Crippen LogP contribution in [0.15, 0.2) is 164 Å². The second-order valence-electron chi connectivity index (χ2n) is 13.7. The lowest BCUT2D eigenvalue weighted by molar-refractivity contribution is 0.660. The van der Waals surface area contributed by atoms with Crippen molar-refractivity contribution in [3.63, 3.8) is 0 Å². The number of hydrogen-bond acceptors (Lipinski definition) is 2. The zero-order valence-electron chi connectivity index (χ0n) is 27.4. The standard InChI is InChI=1S/C47H33NS/c1-47(2)40-21-8-7-19-38(40)46-41(47)22-11-23-42(46)48(33-16-9-15-32(28-33)36-20-10-14-30-12-3-5-17-35(30)36)34-25-27-43-39(29-34)45-37-18-6-4-13-31(37)24-26-44(45)49-43/h3-29H,1-2H3. The van der Waals surface area contributed by atoms with Gasteiger partial charge >= 0.3 is 0 Å². The molecule has 0 aliphatic heterocycles. The molecule has 0 atom stereocenters. The first-order chi connectivity index (χ1) is 24.1. The summed E-state index contributed by atoms with van der Waals surface area (Å²) in [7, 11) is 0. The van der Waals surface area contributed by atoms with Crippen LogP contribution in [0.4, 0.5) is 17.1 Å². The summed E-state index contributed by atoms with van der Waals surface area (Å²) in [5.74, 6) is 0. The number of thiophene rings is 1. The molecule has 1 aliphatic carbocycles. The fraction of sp³-hybridized carbons (Fsp3) is 0.0638. The first kappa shape index (κ1) is 28.3. The van der Waals surface area contributed by atoms with Crippen LogP contribution in [0.5, 0.6) is 0 Å². The molecule has 232 valence electrons. The molecule has 0 N–H and O–H groups in total. The van der Waals surface area contributed by atoms with Gasteiger partial charge in [-0.25, -0.2) is 0 Å². The van der Waals surface area contributed by atoms with Gasteiger partial charge in [0.2, 0.25) is 0 Å². The lowest BCUT2D eigenvalue weighted by Gasteiger charge is -2.29. The minimum atomic E-state index is -0.0924. The van der Waals surface area contributed by atoms with Crippen molar-refractivity contribution in [3.05, 3.63) is 175 Å². The molecule has 0 saturated heterocycles. The van der Waals surface area contributed by atoms with E-state index in [9.17, 15) is 0 Å². The Hall–Kier alpha value is -5.70. The number of hydrogen-bond donors (Lipinski definition) is 0. The predicted octanol–water partition coefficient (Wildman–Crippen LogP) is 13.8. The molecule has 0 spiro atoms. The lowest BCUT2D eigenvalue weighted by atomic mass is 9.82. The Morgan fingerprint density at radius 1 is 0.469 bits per heavy atom. The van der Waals surface area contributed by atoms with Crippen molar-refractivity contribution >= 4 is 70.1 Å². The molecule has 0 unspecified atom stereocenters. The van der Waals surface area contributed by atoms with E-state index in [4.69, 9.17) is 0 Å². The van der Waals surface area contributed by atoms with E-state index in [-0.39, 0.29) is 5.41 Å². The third kappa shape index (κ3) is 4.24. The van der Waals surface area contributed by atoms with E-state index in [0.717, 1.165) is 11.4 Å². The van der Waals surface area contributed by atoms with E-state index in [2.05, 4.69) is 183 Å². The van der Waals surface area contributed by atoms with Crippen LogP contribution < -0.4 is 4.90 Å². The van der Waals surface area contributed by atoms with Gasteiger partial charge in [0.15, 0.2) is 0 Å². The van der Waals surface area contributed by atoms with E-state index in [1.165, 1.54) is 80.8 Å². The van der Waals surface area contributed by atoms with Crippen molar-refractivity contribution in [3.8, 4) is 22.3 Å². The van der Waals surface area contributed by atoms with Crippen molar-refractivity contribution in [2.75, 3.05) is 4.90 Å². The van der Waals surface area contributed by atoms with E-state index in [1.807, 2.05) is 11.3 Å². The highest BCUT2D eigenvalue weighted by molar-refractivity contribution is 7.26. The Balaban J connectivity index is 1.26. The Morgan fingerprint density at radius 2 is 1.12 bits per heavy atom. The molecule has 0 radical (unpaired) electrons. The van der Waals surface area contributed by atoms with Gasteiger partial charge < -0.3 is 4.90 Å². The SMILES string of the molecule is CC1(C)c2ccccc2-c2c(N(c3cccc(-c4cccc5ccccc45)c3)c3ccc4sc5ccc6ccccc6c5c4c3)cccc21. The molecule has 1 heterocycles. The first-order valence-corrected chi connectivity index (χ1v) is 17.8. The normalized spacial score (nSPS) is 13.3. The molecular weight excluding hydrogens is 611 g/mol. The average Bonchev–Trinajstić information content (AvgIpc) is 3.64. The Kier molecular flexibility index (Phi) is 6.16. The van der Waals surface area contributed by atoms with Crippen molar-refractivity contribution < 1.29 is 0 Å². The van der Waals surface area contributed by atoms with Gasteiger partial charge in [0.1, 0.15) is 0 Å². The molecule has 1 aromatic heterocycles. The summed E-state index contributed by atoms with van der Waals surface area (Å²) < 4.78 is 2.64. The summed E-state index contributed by atoms with van der Waals surface area (Å²) in [4.78, 5) is 2.50. The second-order valence-corrected chi connectivity index (χ2v) is 14.8. The summed E-state index contributed by atoms with van der Waals surface area (Å²) in [5.41, 5.74) is 11.3. The summed E-state index contributed by atoms with van der Waals surface area (Å²) in [6.07, 6.45) is 0. The number of rotatable bonds is 4. The lowest BCUT2D eigenvalue weighted by Crippen LogP contribution is -2.16. The number of benzene rings is 8. The van der Waals surface area contributed by atoms with Gasteiger partial charge in [-0.05, 0) is 91.8 Å². The van der Waals surface area contributed by atoms with Crippen LogP contribution in [-0.2, 0) is 5.41 Å². The molecule has 1 aliphatic rings. The van der Waals surface area contributed by atoms with Crippen LogP contribution in [0.1, 0.15) is 25.0 Å². The first-order valence-electron chi connectivity index (χ1n) is 17.0. The van der Waals surface area contributed by atoms with Crippen LogP contribution in [0.2, 0.25) is 0 Å². The fourth-order valence-electron chi connectivity index (χ4n) is 8.31. The minimum Gasteiger partial charge on any atom is -0.310 e. The number of fused-ring (bicyclic) bond motifs is 9. The highest BCUT2D eigenvalue weighted by Crippen LogP contribution is 2.54. The van der Waals surface area contributed by atoms with Gasteiger partial charge in [0, 0.05) is 42.5 Å². The second kappa shape index (κ2) is 10.7. The molecule has 0 fully saturated rings. The molecular formula is C47H33NS. The zero-order chi connectivity index (χ0) is 32.7. The molecule has 2 heteroatoms. The summed E-state index contributed by atoms with van der Waals surface area (Å²) in [5, 5.41) is 7.75. The summed E-state index contributed by atoms with van der Waals surface area (Å²) >= 11 is 1.88. The smallest absolute Gasteiger partial charge is 0.0543 e. The van der Waals surface area contributed by atoms with Gasteiger partial charge in [-0.3, -0.25) is 0 Å². The summed E-state index contributed by atoms with van der Waals surface area (Å²) in [6.45, 7) is 4.73. The van der Waals surface area contributed by atoms with Gasteiger partial charge in [-0.1, -0.05) is 135 Å². The van der Waals surface area contributed by atoms with Crippen LogP contribution >= 0.6 is 11.3 Å². The maximum atomic E-state index is 2.50. The third-order valence-corrected chi connectivity index (χ3v) is 11.8. The average molecular weight is 644 g/mol. The maximum absolute atomic E-state index is 2.50. The van der Waals surface area contributed by atoms with Crippen molar-refractivity contribution in [2.24, 2.45) is 0 Å². The molecule has 10 rings (SSSR count). The monoisotopic (exact) mass is 643 g/mol. The minimum absolute atomic E-state index is 0.0924. The van der Waals surface area contributed by atoms with Crippen molar-refractivity contribution in [1.29, 1.82) is 0 Å². The van der Waals surface area contributed by atoms with Crippen molar-refractivity contribution in [1.82, 2.24) is 0 Å². The Bertz CT molecular complexity index is 2760. The zero-order valence-corrected chi connectivity index (χ0v) is 28.3. The van der Waals surface area contributed by atoms with Crippen LogP contribution in [0.3, 0.4) is 0 Å². The van der Waals surface area contributed by atoms with E-state index >= 15 is 0 Å². The van der Waals surface area contributed by atoms with Crippen LogP contribution in [0.25, 0.3) is 64.0 Å². The highest BCUT2D eigenvalue weighted by Gasteiger charge is 2.37. The third-order valence-electron chi connectivity index (χ3n) is 10.6. The molecule has 0 bridgehead atoms. The Labute approximate surface area is 290 Å². The maximum Gasteiger partial charge on any atom is 0.0543 e. The largest absolute Gasteiger partial charge is 0.310 e.